The highest BCUT2D eigenvalue weighted by Gasteiger charge is 2.34. The lowest BCUT2D eigenvalue weighted by Crippen LogP contribution is -2.28. The molecule has 116 valence electrons. The van der Waals surface area contributed by atoms with Crippen LogP contribution in [0, 0.1) is 5.92 Å². The number of anilines is 1. The lowest BCUT2D eigenvalue weighted by molar-refractivity contribution is -0.118. The summed E-state index contributed by atoms with van der Waals surface area (Å²) in [5.41, 5.74) is 1.38. The molecule has 0 radical (unpaired) electrons. The molecule has 1 aromatic rings. The molecule has 7 heteroatoms. The summed E-state index contributed by atoms with van der Waals surface area (Å²) in [5.74, 6) is -0.420. The number of hydrogen-bond acceptors (Lipinski definition) is 5. The highest BCUT2D eigenvalue weighted by molar-refractivity contribution is 7.91. The topological polar surface area (TPSA) is 79.2 Å². The molecule has 1 aromatic carbocycles. The number of carbonyl (C=O) groups is 1. The molecule has 1 fully saturated rings. The third-order valence-corrected chi connectivity index (χ3v) is 5.59. The predicted octanol–water partition coefficient (Wildman–Crippen LogP) is 1.28. The van der Waals surface area contributed by atoms with E-state index in [0.29, 0.717) is 17.8 Å². The third-order valence-electron chi connectivity index (χ3n) is 3.84. The van der Waals surface area contributed by atoms with Crippen LogP contribution in [0.15, 0.2) is 40.4 Å². The first-order valence-electron chi connectivity index (χ1n) is 7.14. The summed E-state index contributed by atoms with van der Waals surface area (Å²) in [4.78, 5) is 16.7. The summed E-state index contributed by atoms with van der Waals surface area (Å²) in [5, 5.41) is 5.66. The Balaban J connectivity index is 1.74. The average Bonchev–Trinajstić information content (AvgIpc) is 2.98. The van der Waals surface area contributed by atoms with Gasteiger partial charge in [-0.15, -0.1) is 0 Å². The van der Waals surface area contributed by atoms with E-state index >= 15 is 0 Å². The lowest BCUT2D eigenvalue weighted by atomic mass is 10.1. The number of hydrazone groups is 1. The first-order chi connectivity index (χ1) is 10.5. The van der Waals surface area contributed by atoms with Crippen molar-refractivity contribution in [3.63, 3.8) is 0 Å². The molecule has 0 aliphatic carbocycles. The van der Waals surface area contributed by atoms with Gasteiger partial charge < -0.3 is 0 Å². The SMILES string of the molecule is CC1=NN(c2ccccc2)C(=O)[C@@H]1C=N[C@H]1CCS(=O)(=O)C1. The summed E-state index contributed by atoms with van der Waals surface area (Å²) in [6.45, 7) is 1.78. The van der Waals surface area contributed by atoms with Gasteiger partial charge in [0.15, 0.2) is 9.84 Å². The molecular formula is C15H17N3O3S. The van der Waals surface area contributed by atoms with Crippen molar-refractivity contribution in [2.75, 3.05) is 16.5 Å². The number of aliphatic imine (C=N–C) groups is 1. The van der Waals surface area contributed by atoms with E-state index in [1.807, 2.05) is 30.3 Å². The Hall–Kier alpha value is -2.02. The normalized spacial score (nSPS) is 27.6. The largest absolute Gasteiger partial charge is 0.292 e. The van der Waals surface area contributed by atoms with Gasteiger partial charge in [0.25, 0.3) is 5.91 Å². The highest BCUT2D eigenvalue weighted by atomic mass is 32.2. The molecule has 2 aliphatic rings. The van der Waals surface area contributed by atoms with E-state index in [4.69, 9.17) is 0 Å². The molecule has 0 N–H and O–H groups in total. The highest BCUT2D eigenvalue weighted by Crippen LogP contribution is 2.23. The molecule has 1 saturated heterocycles. The summed E-state index contributed by atoms with van der Waals surface area (Å²) in [6.07, 6.45) is 2.08. The minimum Gasteiger partial charge on any atom is -0.292 e. The van der Waals surface area contributed by atoms with Crippen LogP contribution in [0.4, 0.5) is 5.69 Å². The van der Waals surface area contributed by atoms with Crippen molar-refractivity contribution in [1.82, 2.24) is 0 Å². The monoisotopic (exact) mass is 319 g/mol. The summed E-state index contributed by atoms with van der Waals surface area (Å²) in [7, 11) is -2.96. The zero-order chi connectivity index (χ0) is 15.7. The number of sulfone groups is 1. The molecule has 0 unspecified atom stereocenters. The summed E-state index contributed by atoms with van der Waals surface area (Å²) >= 11 is 0. The van der Waals surface area contributed by atoms with Crippen molar-refractivity contribution in [3.8, 4) is 0 Å². The van der Waals surface area contributed by atoms with Crippen molar-refractivity contribution in [3.05, 3.63) is 30.3 Å². The second-order valence-corrected chi connectivity index (χ2v) is 7.79. The molecule has 3 rings (SSSR count). The fourth-order valence-corrected chi connectivity index (χ4v) is 4.24. The maximum atomic E-state index is 12.5. The minimum absolute atomic E-state index is 0.0724. The Morgan fingerprint density at radius 1 is 1.32 bits per heavy atom. The summed E-state index contributed by atoms with van der Waals surface area (Å²) in [6, 6.07) is 8.96. The number of amides is 1. The van der Waals surface area contributed by atoms with E-state index in [1.54, 1.807) is 13.1 Å². The molecule has 0 spiro atoms. The molecule has 0 saturated carbocycles. The van der Waals surface area contributed by atoms with E-state index in [2.05, 4.69) is 10.1 Å². The smallest absolute Gasteiger partial charge is 0.261 e. The van der Waals surface area contributed by atoms with E-state index in [0.717, 1.165) is 0 Å². The van der Waals surface area contributed by atoms with Gasteiger partial charge in [0.05, 0.1) is 28.9 Å². The van der Waals surface area contributed by atoms with E-state index in [9.17, 15) is 13.2 Å². The number of rotatable bonds is 3. The second kappa shape index (κ2) is 5.64. The molecule has 2 heterocycles. The number of hydrogen-bond donors (Lipinski definition) is 0. The average molecular weight is 319 g/mol. The predicted molar refractivity (Wildman–Crippen MR) is 86.1 cm³/mol. The molecule has 1 amide bonds. The fourth-order valence-electron chi connectivity index (χ4n) is 2.61. The third kappa shape index (κ3) is 2.94. The van der Waals surface area contributed by atoms with Crippen LogP contribution in [0.2, 0.25) is 0 Å². The quantitative estimate of drug-likeness (QED) is 0.787. The molecule has 0 aromatic heterocycles. The minimum atomic E-state index is -2.96. The Kier molecular flexibility index (Phi) is 3.82. The number of carbonyl (C=O) groups excluding carboxylic acids is 1. The van der Waals surface area contributed by atoms with Crippen LogP contribution in [0.25, 0.3) is 0 Å². The van der Waals surface area contributed by atoms with E-state index in [1.165, 1.54) is 5.01 Å². The Bertz CT molecular complexity index is 741. The van der Waals surface area contributed by atoms with Crippen LogP contribution in [0.3, 0.4) is 0 Å². The van der Waals surface area contributed by atoms with Crippen LogP contribution in [-0.2, 0) is 14.6 Å². The van der Waals surface area contributed by atoms with Gasteiger partial charge in [-0.1, -0.05) is 18.2 Å². The van der Waals surface area contributed by atoms with Crippen molar-refractivity contribution in [2.45, 2.75) is 19.4 Å². The maximum Gasteiger partial charge on any atom is 0.261 e. The lowest BCUT2D eigenvalue weighted by Gasteiger charge is -2.12. The Morgan fingerprint density at radius 3 is 2.68 bits per heavy atom. The molecule has 2 aliphatic heterocycles. The Labute approximate surface area is 129 Å². The van der Waals surface area contributed by atoms with Gasteiger partial charge in [0.1, 0.15) is 5.92 Å². The summed E-state index contributed by atoms with van der Waals surface area (Å²) < 4.78 is 22.9. The van der Waals surface area contributed by atoms with Crippen LogP contribution in [-0.4, -0.2) is 43.8 Å². The van der Waals surface area contributed by atoms with Gasteiger partial charge in [-0.3, -0.25) is 9.79 Å². The van der Waals surface area contributed by atoms with Crippen LogP contribution in [0.5, 0.6) is 0 Å². The van der Waals surface area contributed by atoms with Crippen LogP contribution in [0.1, 0.15) is 13.3 Å². The Morgan fingerprint density at radius 2 is 2.05 bits per heavy atom. The van der Waals surface area contributed by atoms with Gasteiger partial charge >= 0.3 is 0 Å². The number of benzene rings is 1. The molecule has 6 nitrogen and oxygen atoms in total. The van der Waals surface area contributed by atoms with Crippen LogP contribution < -0.4 is 5.01 Å². The van der Waals surface area contributed by atoms with Gasteiger partial charge in [-0.2, -0.15) is 10.1 Å². The van der Waals surface area contributed by atoms with Gasteiger partial charge in [-0.05, 0) is 25.5 Å². The first-order valence-corrected chi connectivity index (χ1v) is 8.96. The van der Waals surface area contributed by atoms with Crippen molar-refractivity contribution in [2.24, 2.45) is 16.0 Å². The zero-order valence-electron chi connectivity index (χ0n) is 12.2. The second-order valence-electron chi connectivity index (χ2n) is 5.56. The molecule has 2 atom stereocenters. The zero-order valence-corrected chi connectivity index (χ0v) is 13.0. The van der Waals surface area contributed by atoms with Gasteiger partial charge in [0.2, 0.25) is 0 Å². The van der Waals surface area contributed by atoms with Crippen LogP contribution >= 0.6 is 0 Å². The van der Waals surface area contributed by atoms with Gasteiger partial charge in [-0.25, -0.2) is 8.42 Å². The van der Waals surface area contributed by atoms with Crippen molar-refractivity contribution < 1.29 is 13.2 Å². The van der Waals surface area contributed by atoms with Crippen molar-refractivity contribution in [1.29, 1.82) is 0 Å². The standard InChI is InChI=1S/C15H17N3O3S/c1-11-14(9-16-12-7-8-22(20,21)10-12)15(19)18(17-11)13-5-3-2-4-6-13/h2-6,9,12,14H,7-8,10H2,1H3/t12-,14+/m0/s1. The number of nitrogens with zero attached hydrogens (tertiary/aromatic N) is 3. The maximum absolute atomic E-state index is 12.5. The van der Waals surface area contributed by atoms with Gasteiger partial charge in [0, 0.05) is 6.21 Å². The molecular weight excluding hydrogens is 302 g/mol. The molecule has 22 heavy (non-hydrogen) atoms. The fraction of sp³-hybridized carbons (Fsp3) is 0.400. The van der Waals surface area contributed by atoms with E-state index in [-0.39, 0.29) is 23.5 Å². The first kappa shape index (κ1) is 14.9. The van der Waals surface area contributed by atoms with Crippen molar-refractivity contribution >= 4 is 33.4 Å². The number of para-hydroxylation sites is 1. The molecule has 0 bridgehead atoms. The van der Waals surface area contributed by atoms with E-state index < -0.39 is 15.8 Å².